The van der Waals surface area contributed by atoms with Crippen molar-refractivity contribution in [2.75, 3.05) is 0 Å². The second kappa shape index (κ2) is 9.64. The lowest BCUT2D eigenvalue weighted by Crippen LogP contribution is -2.12. The van der Waals surface area contributed by atoms with Gasteiger partial charge in [-0.15, -0.1) is 10.2 Å². The molecule has 0 saturated carbocycles. The molecule has 0 aliphatic rings. The van der Waals surface area contributed by atoms with E-state index in [0.29, 0.717) is 34.4 Å². The Balaban J connectivity index is 1.50. The summed E-state index contributed by atoms with van der Waals surface area (Å²) < 4.78 is 4.29. The van der Waals surface area contributed by atoms with E-state index >= 15 is 0 Å². The van der Waals surface area contributed by atoms with Crippen molar-refractivity contribution in [2.24, 2.45) is 0 Å². The van der Waals surface area contributed by atoms with Crippen LogP contribution in [0, 0.1) is 0 Å². The number of rotatable bonds is 4. The lowest BCUT2D eigenvalue weighted by Gasteiger charge is -2.18. The van der Waals surface area contributed by atoms with Crippen molar-refractivity contribution in [3.05, 3.63) is 134 Å². The number of fused-ring (bicyclic) bond motifs is 6. The van der Waals surface area contributed by atoms with Gasteiger partial charge in [-0.2, -0.15) is 0 Å². The predicted molar refractivity (Wildman–Crippen MR) is 173 cm³/mol. The maximum absolute atomic E-state index is 5.01. The molecule has 0 spiro atoms. The standard InChI is InChI=1S/C36H22N8/c1-5-15-27-23(11-1)24-12-2-6-16-28(24)43(27)35-31(33-37-19-9-20-38-33)32(34-39-21-10-22-40-34)36(42-41-35)44-29-17-7-3-13-25(29)26-14-4-8-18-30(26)44/h1-22H. The van der Waals surface area contributed by atoms with Gasteiger partial charge in [-0.1, -0.05) is 72.8 Å². The van der Waals surface area contributed by atoms with Gasteiger partial charge in [0, 0.05) is 46.3 Å². The van der Waals surface area contributed by atoms with Crippen molar-refractivity contribution in [3.63, 3.8) is 0 Å². The molecule has 5 heterocycles. The molecule has 0 radical (unpaired) electrons. The molecule has 0 aliphatic carbocycles. The Kier molecular flexibility index (Phi) is 5.33. The first kappa shape index (κ1) is 24.3. The molecule has 0 saturated heterocycles. The second-order valence-corrected chi connectivity index (χ2v) is 10.5. The Morgan fingerprint density at radius 1 is 0.341 bits per heavy atom. The van der Waals surface area contributed by atoms with Crippen LogP contribution in [0.5, 0.6) is 0 Å². The van der Waals surface area contributed by atoms with E-state index in [2.05, 4.69) is 81.9 Å². The SMILES string of the molecule is c1cnc(-c2c(-n3c4ccccc4c4ccccc43)nnc(-n3c4ccccc4c4ccccc43)c2-c2ncccn2)nc1. The lowest BCUT2D eigenvalue weighted by atomic mass is 10.1. The minimum Gasteiger partial charge on any atom is -0.292 e. The molecule has 9 aromatic rings. The largest absolute Gasteiger partial charge is 0.292 e. The van der Waals surface area contributed by atoms with Crippen LogP contribution in [0.1, 0.15) is 0 Å². The minimum atomic E-state index is 0.503. The summed E-state index contributed by atoms with van der Waals surface area (Å²) >= 11 is 0. The topological polar surface area (TPSA) is 87.2 Å². The summed E-state index contributed by atoms with van der Waals surface area (Å²) in [5.41, 5.74) is 5.40. The first-order valence-electron chi connectivity index (χ1n) is 14.3. The quantitative estimate of drug-likeness (QED) is 0.218. The van der Waals surface area contributed by atoms with Gasteiger partial charge in [0.25, 0.3) is 0 Å². The maximum Gasteiger partial charge on any atom is 0.172 e. The number of hydrogen-bond acceptors (Lipinski definition) is 6. The molecule has 206 valence electrons. The molecule has 8 nitrogen and oxygen atoms in total. The van der Waals surface area contributed by atoms with Gasteiger partial charge in [0.15, 0.2) is 23.3 Å². The zero-order valence-electron chi connectivity index (χ0n) is 23.3. The molecule has 9 rings (SSSR count). The van der Waals surface area contributed by atoms with Crippen LogP contribution in [0.15, 0.2) is 134 Å². The highest BCUT2D eigenvalue weighted by Gasteiger charge is 2.28. The van der Waals surface area contributed by atoms with Crippen molar-refractivity contribution >= 4 is 43.6 Å². The summed E-state index contributed by atoms with van der Waals surface area (Å²) in [5, 5.41) is 14.5. The Bertz CT molecular complexity index is 2220. The molecule has 0 bridgehead atoms. The summed E-state index contributed by atoms with van der Waals surface area (Å²) in [6, 6.07) is 36.9. The Hall–Kier alpha value is -6.28. The molecule has 0 fully saturated rings. The van der Waals surface area contributed by atoms with E-state index in [-0.39, 0.29) is 0 Å². The smallest absolute Gasteiger partial charge is 0.172 e. The molecule has 44 heavy (non-hydrogen) atoms. The van der Waals surface area contributed by atoms with Crippen LogP contribution in [-0.4, -0.2) is 39.3 Å². The zero-order chi connectivity index (χ0) is 29.0. The van der Waals surface area contributed by atoms with Crippen LogP contribution in [0.4, 0.5) is 0 Å². The molecule has 0 N–H and O–H groups in total. The monoisotopic (exact) mass is 566 g/mol. The van der Waals surface area contributed by atoms with Gasteiger partial charge in [-0.25, -0.2) is 19.9 Å². The van der Waals surface area contributed by atoms with Crippen LogP contribution >= 0.6 is 0 Å². The summed E-state index contributed by atoms with van der Waals surface area (Å²) in [6.07, 6.45) is 6.98. The number of hydrogen-bond donors (Lipinski definition) is 0. The Morgan fingerprint density at radius 3 is 0.955 bits per heavy atom. The molecule has 8 heteroatoms. The van der Waals surface area contributed by atoms with E-state index in [4.69, 9.17) is 30.1 Å². The Morgan fingerprint density at radius 2 is 0.636 bits per heavy atom. The fourth-order valence-electron chi connectivity index (χ4n) is 6.31. The molecule has 0 atom stereocenters. The molecule has 4 aromatic carbocycles. The maximum atomic E-state index is 5.01. The summed E-state index contributed by atoms with van der Waals surface area (Å²) in [6.45, 7) is 0. The van der Waals surface area contributed by atoms with Crippen LogP contribution in [0.3, 0.4) is 0 Å². The Labute approximate surface area is 251 Å². The van der Waals surface area contributed by atoms with Crippen molar-refractivity contribution in [2.45, 2.75) is 0 Å². The molecule has 0 aliphatic heterocycles. The van der Waals surface area contributed by atoms with E-state index < -0.39 is 0 Å². The van der Waals surface area contributed by atoms with Gasteiger partial charge in [0.2, 0.25) is 0 Å². The van der Waals surface area contributed by atoms with Crippen LogP contribution in [0.25, 0.3) is 78.0 Å². The van der Waals surface area contributed by atoms with Gasteiger partial charge in [0.1, 0.15) is 0 Å². The van der Waals surface area contributed by atoms with Gasteiger partial charge in [0.05, 0.1) is 33.2 Å². The normalized spacial score (nSPS) is 11.6. The molecular weight excluding hydrogens is 544 g/mol. The average Bonchev–Trinajstić information content (AvgIpc) is 3.61. The van der Waals surface area contributed by atoms with E-state index in [0.717, 1.165) is 43.6 Å². The third kappa shape index (κ3) is 3.51. The van der Waals surface area contributed by atoms with Gasteiger partial charge < -0.3 is 0 Å². The third-order valence-electron chi connectivity index (χ3n) is 8.10. The fourth-order valence-corrected chi connectivity index (χ4v) is 6.31. The van der Waals surface area contributed by atoms with Crippen molar-refractivity contribution in [3.8, 4) is 34.4 Å². The van der Waals surface area contributed by atoms with E-state index in [1.54, 1.807) is 24.8 Å². The zero-order valence-corrected chi connectivity index (χ0v) is 23.3. The summed E-state index contributed by atoms with van der Waals surface area (Å²) in [4.78, 5) is 19.0. The third-order valence-corrected chi connectivity index (χ3v) is 8.10. The summed E-state index contributed by atoms with van der Waals surface area (Å²) in [7, 11) is 0. The predicted octanol–water partition coefficient (Wildman–Crippen LogP) is 7.58. The van der Waals surface area contributed by atoms with E-state index in [1.807, 2.05) is 36.4 Å². The number of aromatic nitrogens is 8. The molecule has 5 aromatic heterocycles. The highest BCUT2D eigenvalue weighted by atomic mass is 15.3. The number of benzene rings is 4. The lowest BCUT2D eigenvalue weighted by molar-refractivity contribution is 0.906. The molecule has 0 unspecified atom stereocenters. The average molecular weight is 567 g/mol. The van der Waals surface area contributed by atoms with E-state index in [1.165, 1.54) is 0 Å². The minimum absolute atomic E-state index is 0.503. The highest BCUT2D eigenvalue weighted by molar-refractivity contribution is 6.11. The number of para-hydroxylation sites is 4. The van der Waals surface area contributed by atoms with Crippen LogP contribution < -0.4 is 0 Å². The van der Waals surface area contributed by atoms with Crippen molar-refractivity contribution in [1.82, 2.24) is 39.3 Å². The second-order valence-electron chi connectivity index (χ2n) is 10.5. The molecular formula is C36H22N8. The van der Waals surface area contributed by atoms with Crippen LogP contribution in [-0.2, 0) is 0 Å². The fraction of sp³-hybridized carbons (Fsp3) is 0. The first-order chi connectivity index (χ1) is 21.9. The van der Waals surface area contributed by atoms with Crippen molar-refractivity contribution < 1.29 is 0 Å². The number of nitrogens with zero attached hydrogens (tertiary/aromatic N) is 8. The van der Waals surface area contributed by atoms with Gasteiger partial charge in [-0.3, -0.25) is 9.13 Å². The summed E-state index contributed by atoms with van der Waals surface area (Å²) in [5.74, 6) is 2.20. The van der Waals surface area contributed by atoms with E-state index in [9.17, 15) is 0 Å². The molecule has 0 amide bonds. The van der Waals surface area contributed by atoms with Crippen molar-refractivity contribution in [1.29, 1.82) is 0 Å². The van der Waals surface area contributed by atoms with Gasteiger partial charge in [-0.05, 0) is 36.4 Å². The first-order valence-corrected chi connectivity index (χ1v) is 14.3. The van der Waals surface area contributed by atoms with Gasteiger partial charge >= 0.3 is 0 Å². The van der Waals surface area contributed by atoms with Crippen LogP contribution in [0.2, 0.25) is 0 Å². The highest BCUT2D eigenvalue weighted by Crippen LogP contribution is 2.42.